The van der Waals surface area contributed by atoms with Crippen LogP contribution in [0.4, 0.5) is 10.1 Å². The van der Waals surface area contributed by atoms with Crippen LogP contribution in [0, 0.1) is 12.7 Å². The predicted molar refractivity (Wildman–Crippen MR) is 118 cm³/mol. The third-order valence-corrected chi connectivity index (χ3v) is 4.86. The summed E-state index contributed by atoms with van der Waals surface area (Å²) in [6.45, 7) is 6.63. The summed E-state index contributed by atoms with van der Waals surface area (Å²) in [7, 11) is 4.05. The fourth-order valence-electron chi connectivity index (χ4n) is 2.69. The Morgan fingerprint density at radius 3 is 2.57 bits per heavy atom. The molecule has 28 heavy (non-hydrogen) atoms. The molecule has 0 spiro atoms. The first-order valence-electron chi connectivity index (χ1n) is 9.24. The van der Waals surface area contributed by atoms with Crippen LogP contribution in [-0.4, -0.2) is 54.6 Å². The molecule has 2 aromatic rings. The standard InChI is InChI=1S/C21H28BrFN4O/c1-5-27(11-10-26(3)4)21(25-20-9-7-18(28)12-15(20)2)24-14-16-13-17(22)6-8-19(16)23/h6-9,12-13,28H,5,10-11,14H2,1-4H3,(H,24,25). The van der Waals surface area contributed by atoms with Gasteiger partial charge in [0.05, 0.1) is 6.54 Å². The number of likely N-dealkylation sites (N-methyl/N-ethyl adjacent to an activating group) is 2. The molecule has 0 amide bonds. The molecule has 0 atom stereocenters. The maximum Gasteiger partial charge on any atom is 0.198 e. The highest BCUT2D eigenvalue weighted by Gasteiger charge is 2.13. The summed E-state index contributed by atoms with van der Waals surface area (Å²) in [5, 5.41) is 13.0. The highest BCUT2D eigenvalue weighted by Crippen LogP contribution is 2.21. The van der Waals surface area contributed by atoms with Gasteiger partial charge in [0, 0.05) is 35.4 Å². The molecule has 0 aromatic heterocycles. The van der Waals surface area contributed by atoms with Crippen LogP contribution in [-0.2, 0) is 6.54 Å². The highest BCUT2D eigenvalue weighted by atomic mass is 79.9. The molecule has 2 aromatic carbocycles. The van der Waals surface area contributed by atoms with E-state index < -0.39 is 0 Å². The van der Waals surface area contributed by atoms with Gasteiger partial charge in [-0.15, -0.1) is 0 Å². The second-order valence-electron chi connectivity index (χ2n) is 6.88. The number of rotatable bonds is 7. The average Bonchev–Trinajstić information content (AvgIpc) is 2.64. The minimum Gasteiger partial charge on any atom is -0.508 e. The fourth-order valence-corrected chi connectivity index (χ4v) is 3.09. The number of phenols is 1. The summed E-state index contributed by atoms with van der Waals surface area (Å²) in [6, 6.07) is 10.0. The molecule has 0 saturated carbocycles. The molecule has 0 aliphatic rings. The Hall–Kier alpha value is -2.12. The topological polar surface area (TPSA) is 51.1 Å². The van der Waals surface area contributed by atoms with Gasteiger partial charge in [-0.05, 0) is 69.9 Å². The van der Waals surface area contributed by atoms with Crippen molar-refractivity contribution in [3.05, 3.63) is 57.8 Å². The number of hydrogen-bond donors (Lipinski definition) is 2. The van der Waals surface area contributed by atoms with Crippen molar-refractivity contribution >= 4 is 27.6 Å². The molecule has 0 fully saturated rings. The van der Waals surface area contributed by atoms with E-state index in [4.69, 9.17) is 4.99 Å². The Labute approximate surface area is 175 Å². The number of aryl methyl sites for hydroxylation is 1. The van der Waals surface area contributed by atoms with Crippen molar-refractivity contribution in [2.24, 2.45) is 4.99 Å². The van der Waals surface area contributed by atoms with Crippen LogP contribution >= 0.6 is 15.9 Å². The van der Waals surface area contributed by atoms with E-state index in [1.165, 1.54) is 6.07 Å². The highest BCUT2D eigenvalue weighted by molar-refractivity contribution is 9.10. The molecular weight excluding hydrogens is 423 g/mol. The van der Waals surface area contributed by atoms with Crippen LogP contribution in [0.1, 0.15) is 18.1 Å². The summed E-state index contributed by atoms with van der Waals surface area (Å²) < 4.78 is 15.0. The number of benzene rings is 2. The minimum atomic E-state index is -0.275. The van der Waals surface area contributed by atoms with Gasteiger partial charge in [-0.2, -0.15) is 0 Å². The summed E-state index contributed by atoms with van der Waals surface area (Å²) in [4.78, 5) is 8.93. The van der Waals surface area contributed by atoms with Crippen molar-refractivity contribution < 1.29 is 9.50 Å². The van der Waals surface area contributed by atoms with Crippen LogP contribution in [0.2, 0.25) is 0 Å². The number of nitrogens with zero attached hydrogens (tertiary/aromatic N) is 3. The van der Waals surface area contributed by atoms with Crippen molar-refractivity contribution in [1.82, 2.24) is 9.80 Å². The van der Waals surface area contributed by atoms with E-state index in [1.54, 1.807) is 24.3 Å². The zero-order chi connectivity index (χ0) is 20.7. The van der Waals surface area contributed by atoms with Crippen molar-refractivity contribution in [1.29, 1.82) is 0 Å². The number of aliphatic imine (C=N–C) groups is 1. The Morgan fingerprint density at radius 2 is 1.93 bits per heavy atom. The molecule has 0 aliphatic heterocycles. The van der Waals surface area contributed by atoms with Crippen LogP contribution in [0.5, 0.6) is 5.75 Å². The van der Waals surface area contributed by atoms with Crippen LogP contribution in [0.15, 0.2) is 45.9 Å². The van der Waals surface area contributed by atoms with E-state index in [0.29, 0.717) is 11.5 Å². The van der Waals surface area contributed by atoms with Gasteiger partial charge >= 0.3 is 0 Å². The third kappa shape index (κ3) is 6.49. The fraction of sp³-hybridized carbons (Fsp3) is 0.381. The number of nitrogens with one attached hydrogen (secondary N) is 1. The molecule has 2 N–H and O–H groups in total. The van der Waals surface area contributed by atoms with Gasteiger partial charge in [0.1, 0.15) is 11.6 Å². The van der Waals surface area contributed by atoms with Gasteiger partial charge in [-0.25, -0.2) is 9.38 Å². The van der Waals surface area contributed by atoms with Gasteiger partial charge in [-0.1, -0.05) is 15.9 Å². The van der Waals surface area contributed by atoms with Crippen molar-refractivity contribution in [2.45, 2.75) is 20.4 Å². The smallest absolute Gasteiger partial charge is 0.198 e. The van der Waals surface area contributed by atoms with Crippen molar-refractivity contribution in [2.75, 3.05) is 39.0 Å². The lowest BCUT2D eigenvalue weighted by Crippen LogP contribution is -2.40. The summed E-state index contributed by atoms with van der Waals surface area (Å²) in [6.07, 6.45) is 0. The second kappa shape index (κ2) is 10.4. The number of guanidine groups is 1. The largest absolute Gasteiger partial charge is 0.508 e. The normalized spacial score (nSPS) is 11.8. The van der Waals surface area contributed by atoms with Crippen LogP contribution < -0.4 is 5.32 Å². The molecule has 5 nitrogen and oxygen atoms in total. The third-order valence-electron chi connectivity index (χ3n) is 4.36. The first-order valence-corrected chi connectivity index (χ1v) is 10.0. The lowest BCUT2D eigenvalue weighted by molar-refractivity contribution is 0.336. The molecule has 0 saturated heterocycles. The van der Waals surface area contributed by atoms with Gasteiger partial charge in [0.2, 0.25) is 0 Å². The minimum absolute atomic E-state index is 0.220. The maximum atomic E-state index is 14.1. The first kappa shape index (κ1) is 22.2. The number of aromatic hydroxyl groups is 1. The molecule has 0 unspecified atom stereocenters. The molecule has 0 bridgehead atoms. The number of anilines is 1. The molecule has 2 rings (SSSR count). The first-order chi connectivity index (χ1) is 13.3. The van der Waals surface area contributed by atoms with E-state index in [0.717, 1.165) is 35.4 Å². The monoisotopic (exact) mass is 450 g/mol. The van der Waals surface area contributed by atoms with E-state index in [9.17, 15) is 9.50 Å². The van der Waals surface area contributed by atoms with E-state index in [2.05, 4.69) is 38.0 Å². The molecule has 7 heteroatoms. The molecular formula is C21H28BrFN4O. The number of halogens is 2. The Bertz CT molecular complexity index is 826. The Morgan fingerprint density at radius 1 is 1.18 bits per heavy atom. The van der Waals surface area contributed by atoms with Gasteiger partial charge in [-0.3, -0.25) is 0 Å². The van der Waals surface area contributed by atoms with Crippen LogP contribution in [0.25, 0.3) is 0 Å². The van der Waals surface area contributed by atoms with Gasteiger partial charge < -0.3 is 20.2 Å². The lowest BCUT2D eigenvalue weighted by atomic mass is 10.2. The molecule has 152 valence electrons. The van der Waals surface area contributed by atoms with Crippen molar-refractivity contribution in [3.8, 4) is 5.75 Å². The maximum absolute atomic E-state index is 14.1. The van der Waals surface area contributed by atoms with Crippen molar-refractivity contribution in [3.63, 3.8) is 0 Å². The van der Waals surface area contributed by atoms with E-state index in [1.807, 2.05) is 27.1 Å². The van der Waals surface area contributed by atoms with E-state index >= 15 is 0 Å². The summed E-state index contributed by atoms with van der Waals surface area (Å²) >= 11 is 3.39. The summed E-state index contributed by atoms with van der Waals surface area (Å²) in [5.74, 6) is 0.624. The molecule has 0 aliphatic carbocycles. The zero-order valence-electron chi connectivity index (χ0n) is 16.8. The summed E-state index contributed by atoms with van der Waals surface area (Å²) in [5.41, 5.74) is 2.29. The molecule has 0 radical (unpaired) electrons. The molecule has 0 heterocycles. The lowest BCUT2D eigenvalue weighted by Gasteiger charge is -2.27. The number of phenolic OH excluding ortho intramolecular Hbond substituents is 1. The SMILES string of the molecule is CCN(CCN(C)C)C(=NCc1cc(Br)ccc1F)Nc1ccc(O)cc1C. The van der Waals surface area contributed by atoms with Gasteiger partial charge in [0.15, 0.2) is 5.96 Å². The second-order valence-corrected chi connectivity index (χ2v) is 7.80. The number of hydrogen-bond acceptors (Lipinski definition) is 3. The quantitative estimate of drug-likeness (QED) is 0.371. The van der Waals surface area contributed by atoms with E-state index in [-0.39, 0.29) is 18.1 Å². The predicted octanol–water partition coefficient (Wildman–Crippen LogP) is 4.45. The Kier molecular flexibility index (Phi) is 8.26. The Balaban J connectivity index is 2.31. The van der Waals surface area contributed by atoms with Gasteiger partial charge in [0.25, 0.3) is 0 Å². The average molecular weight is 451 g/mol. The van der Waals surface area contributed by atoms with Crippen LogP contribution in [0.3, 0.4) is 0 Å². The zero-order valence-corrected chi connectivity index (χ0v) is 18.4.